The number of nitrogens with one attached hydrogen (secondary N) is 1. The Balaban J connectivity index is 1.39. The summed E-state index contributed by atoms with van der Waals surface area (Å²) in [6, 6.07) is 17.1. The number of thiophene rings is 1. The lowest BCUT2D eigenvalue weighted by Crippen LogP contribution is -2.57. The van der Waals surface area contributed by atoms with Crippen molar-refractivity contribution in [1.29, 1.82) is 0 Å². The van der Waals surface area contributed by atoms with Gasteiger partial charge in [-0.25, -0.2) is 4.79 Å². The second kappa shape index (κ2) is 9.71. The number of halogens is 3. The zero-order valence-electron chi connectivity index (χ0n) is 15.9. The molecule has 0 unspecified atom stereocenters. The third-order valence-electron chi connectivity index (χ3n) is 4.95. The largest absolute Gasteiger partial charge is 0.362 e. The lowest BCUT2D eigenvalue weighted by Gasteiger charge is -2.40. The molecule has 0 saturated carbocycles. The number of carbonyl (C=O) groups excluding carboxylic acids is 1. The Morgan fingerprint density at radius 1 is 1.17 bits per heavy atom. The smallest absolute Gasteiger partial charge is 0.317 e. The van der Waals surface area contributed by atoms with E-state index in [1.165, 1.54) is 0 Å². The molecule has 1 saturated heterocycles. The standard InChI is InChI=1S/C22H19BrCl2N2O2S/c23-21-15(9-10-30-21)11-26-22(28)27-12-17(13-27)29-20(14-5-7-16(24)8-6-14)18-3-1-2-4-19(18)25/h1-10,17,20H,11-13H2,(H,26,28)/t20-/m0/s1. The fourth-order valence-corrected chi connectivity index (χ4v) is 4.87. The Labute approximate surface area is 197 Å². The van der Waals surface area contributed by atoms with Crippen molar-refractivity contribution in [2.24, 2.45) is 0 Å². The topological polar surface area (TPSA) is 41.6 Å². The van der Waals surface area contributed by atoms with Gasteiger partial charge in [0, 0.05) is 22.2 Å². The lowest BCUT2D eigenvalue weighted by atomic mass is 10.0. The second-order valence-corrected chi connectivity index (χ2v) is 10.1. The molecule has 0 aliphatic carbocycles. The molecule has 2 heterocycles. The van der Waals surface area contributed by atoms with Crippen LogP contribution in [0.2, 0.25) is 10.0 Å². The Hall–Kier alpha value is -1.57. The van der Waals surface area contributed by atoms with Crippen LogP contribution in [-0.2, 0) is 11.3 Å². The Kier molecular flexibility index (Phi) is 7.01. The first-order valence-corrected chi connectivity index (χ1v) is 11.8. The molecule has 1 atom stereocenters. The molecule has 4 nitrogen and oxygen atoms in total. The summed E-state index contributed by atoms with van der Waals surface area (Å²) in [4.78, 5) is 14.2. The molecule has 156 valence electrons. The molecular formula is C22H19BrCl2N2O2S. The number of amides is 2. The number of likely N-dealkylation sites (tertiary alicyclic amines) is 1. The third-order valence-corrected chi connectivity index (χ3v) is 7.35. The van der Waals surface area contributed by atoms with Gasteiger partial charge in [0.2, 0.25) is 0 Å². The summed E-state index contributed by atoms with van der Waals surface area (Å²) in [5.41, 5.74) is 2.94. The Morgan fingerprint density at radius 3 is 2.57 bits per heavy atom. The molecular weight excluding hydrogens is 507 g/mol. The number of hydrogen-bond donors (Lipinski definition) is 1. The summed E-state index contributed by atoms with van der Waals surface area (Å²) in [5.74, 6) is 0. The van der Waals surface area contributed by atoms with Gasteiger partial charge in [0.15, 0.2) is 0 Å². The summed E-state index contributed by atoms with van der Waals surface area (Å²) < 4.78 is 7.41. The number of nitrogens with zero attached hydrogens (tertiary/aromatic N) is 1. The minimum Gasteiger partial charge on any atom is -0.362 e. The molecule has 4 rings (SSSR count). The van der Waals surface area contributed by atoms with Crippen LogP contribution >= 0.6 is 50.5 Å². The molecule has 0 spiro atoms. The van der Waals surface area contributed by atoms with Gasteiger partial charge in [-0.2, -0.15) is 0 Å². The molecule has 1 aliphatic heterocycles. The highest BCUT2D eigenvalue weighted by molar-refractivity contribution is 9.11. The van der Waals surface area contributed by atoms with Gasteiger partial charge in [0.1, 0.15) is 6.10 Å². The zero-order valence-corrected chi connectivity index (χ0v) is 19.8. The van der Waals surface area contributed by atoms with E-state index in [0.717, 1.165) is 20.5 Å². The summed E-state index contributed by atoms with van der Waals surface area (Å²) >= 11 is 17.6. The van der Waals surface area contributed by atoms with Crippen molar-refractivity contribution < 1.29 is 9.53 Å². The van der Waals surface area contributed by atoms with Crippen molar-refractivity contribution >= 4 is 56.5 Å². The highest BCUT2D eigenvalue weighted by Gasteiger charge is 2.34. The molecule has 30 heavy (non-hydrogen) atoms. The number of hydrogen-bond acceptors (Lipinski definition) is 3. The van der Waals surface area contributed by atoms with Crippen LogP contribution in [0.4, 0.5) is 4.79 Å². The first kappa shape index (κ1) is 21.7. The molecule has 8 heteroatoms. The summed E-state index contributed by atoms with van der Waals surface area (Å²) in [5, 5.41) is 6.26. The van der Waals surface area contributed by atoms with E-state index in [1.54, 1.807) is 16.2 Å². The molecule has 2 aromatic carbocycles. The minimum atomic E-state index is -0.326. The lowest BCUT2D eigenvalue weighted by molar-refractivity contribution is -0.0645. The van der Waals surface area contributed by atoms with E-state index in [1.807, 2.05) is 60.0 Å². The van der Waals surface area contributed by atoms with Gasteiger partial charge in [0.05, 0.1) is 23.0 Å². The van der Waals surface area contributed by atoms with Gasteiger partial charge >= 0.3 is 6.03 Å². The van der Waals surface area contributed by atoms with E-state index in [4.69, 9.17) is 27.9 Å². The van der Waals surface area contributed by atoms with Crippen LogP contribution in [0.15, 0.2) is 63.8 Å². The molecule has 1 N–H and O–H groups in total. The van der Waals surface area contributed by atoms with Crippen molar-refractivity contribution in [2.45, 2.75) is 18.8 Å². The van der Waals surface area contributed by atoms with Crippen LogP contribution in [-0.4, -0.2) is 30.1 Å². The normalized spacial score (nSPS) is 15.0. The van der Waals surface area contributed by atoms with E-state index >= 15 is 0 Å². The van der Waals surface area contributed by atoms with Crippen LogP contribution in [0, 0.1) is 0 Å². The summed E-state index contributed by atoms with van der Waals surface area (Å²) in [7, 11) is 0. The highest BCUT2D eigenvalue weighted by Crippen LogP contribution is 2.34. The van der Waals surface area contributed by atoms with E-state index in [0.29, 0.717) is 29.7 Å². The van der Waals surface area contributed by atoms with Crippen LogP contribution in [0.3, 0.4) is 0 Å². The zero-order chi connectivity index (χ0) is 21.1. The van der Waals surface area contributed by atoms with Crippen molar-refractivity contribution in [1.82, 2.24) is 10.2 Å². The van der Waals surface area contributed by atoms with Gasteiger partial charge in [-0.15, -0.1) is 11.3 Å². The fraction of sp³-hybridized carbons (Fsp3) is 0.227. The summed E-state index contributed by atoms with van der Waals surface area (Å²) in [6.07, 6.45) is -0.395. The van der Waals surface area contributed by atoms with E-state index in [9.17, 15) is 4.79 Å². The maximum Gasteiger partial charge on any atom is 0.317 e. The molecule has 3 aromatic rings. The van der Waals surface area contributed by atoms with E-state index < -0.39 is 0 Å². The third kappa shape index (κ3) is 5.01. The average Bonchev–Trinajstić information content (AvgIpc) is 3.12. The minimum absolute atomic E-state index is 0.0689. The van der Waals surface area contributed by atoms with Gasteiger partial charge in [-0.05, 0) is 56.7 Å². The Bertz CT molecular complexity index is 1020. The van der Waals surface area contributed by atoms with Crippen LogP contribution in [0.25, 0.3) is 0 Å². The first-order chi connectivity index (χ1) is 14.5. The molecule has 1 aromatic heterocycles. The predicted octanol–water partition coefficient (Wildman–Crippen LogP) is 6.52. The number of ether oxygens (including phenoxy) is 1. The van der Waals surface area contributed by atoms with Crippen LogP contribution in [0.5, 0.6) is 0 Å². The monoisotopic (exact) mass is 524 g/mol. The molecule has 1 fully saturated rings. The number of carbonyl (C=O) groups is 1. The number of urea groups is 1. The average molecular weight is 526 g/mol. The summed E-state index contributed by atoms with van der Waals surface area (Å²) in [6.45, 7) is 1.56. The quantitative estimate of drug-likeness (QED) is 0.398. The predicted molar refractivity (Wildman–Crippen MR) is 125 cm³/mol. The van der Waals surface area contributed by atoms with Gasteiger partial charge in [-0.3, -0.25) is 0 Å². The van der Waals surface area contributed by atoms with E-state index in [-0.39, 0.29) is 18.2 Å². The van der Waals surface area contributed by atoms with Gasteiger partial charge in [-0.1, -0.05) is 53.5 Å². The maximum atomic E-state index is 12.4. The van der Waals surface area contributed by atoms with Crippen LogP contribution < -0.4 is 5.32 Å². The molecule has 0 radical (unpaired) electrons. The van der Waals surface area contributed by atoms with Crippen molar-refractivity contribution in [3.8, 4) is 0 Å². The maximum absolute atomic E-state index is 12.4. The molecule has 1 aliphatic rings. The van der Waals surface area contributed by atoms with Crippen LogP contribution in [0.1, 0.15) is 22.8 Å². The second-order valence-electron chi connectivity index (χ2n) is 6.99. The first-order valence-electron chi connectivity index (χ1n) is 9.41. The SMILES string of the molecule is O=C(NCc1ccsc1Br)N1CC(O[C@@H](c2ccc(Cl)cc2)c2ccccc2Cl)C1. The molecule has 0 bridgehead atoms. The number of benzene rings is 2. The van der Waals surface area contributed by atoms with Crippen molar-refractivity contribution in [2.75, 3.05) is 13.1 Å². The fourth-order valence-electron chi connectivity index (χ4n) is 3.27. The Morgan fingerprint density at radius 2 is 1.90 bits per heavy atom. The van der Waals surface area contributed by atoms with Gasteiger partial charge < -0.3 is 15.0 Å². The van der Waals surface area contributed by atoms with Crippen molar-refractivity contribution in [3.63, 3.8) is 0 Å². The van der Waals surface area contributed by atoms with Gasteiger partial charge in [0.25, 0.3) is 0 Å². The highest BCUT2D eigenvalue weighted by atomic mass is 79.9. The number of rotatable bonds is 6. The molecule has 2 amide bonds. The van der Waals surface area contributed by atoms with E-state index in [2.05, 4.69) is 21.2 Å². The van der Waals surface area contributed by atoms with Crippen molar-refractivity contribution in [3.05, 3.63) is 90.5 Å².